The van der Waals surface area contributed by atoms with Gasteiger partial charge in [-0.25, -0.2) is 4.98 Å². The van der Waals surface area contributed by atoms with Crippen LogP contribution in [0, 0.1) is 10.1 Å². The number of halogens is 3. The molecule has 1 aromatic rings. The highest BCUT2D eigenvalue weighted by Gasteiger charge is 2.31. The summed E-state index contributed by atoms with van der Waals surface area (Å²) >= 11 is 0. The zero-order chi connectivity index (χ0) is 10.8. The van der Waals surface area contributed by atoms with E-state index in [4.69, 9.17) is 0 Å². The molecule has 0 atom stereocenters. The van der Waals surface area contributed by atoms with Crippen molar-refractivity contribution >= 4 is 5.69 Å². The molecular weight excluding hydrogens is 205 g/mol. The molecule has 0 aliphatic heterocycles. The standard InChI is InChI=1S/C6H3F3N2O3/c7-6(8,9)14-5-2-1-4(3-10-5)11(12)13/h1-3H. The minimum atomic E-state index is -4.84. The quantitative estimate of drug-likeness (QED) is 0.549. The zero-order valence-electron chi connectivity index (χ0n) is 6.49. The van der Waals surface area contributed by atoms with E-state index in [1.54, 1.807) is 0 Å². The van der Waals surface area contributed by atoms with Gasteiger partial charge in [-0.15, -0.1) is 13.2 Å². The second kappa shape index (κ2) is 3.48. The molecule has 0 saturated heterocycles. The highest BCUT2D eigenvalue weighted by molar-refractivity contribution is 5.28. The van der Waals surface area contributed by atoms with E-state index in [0.29, 0.717) is 6.20 Å². The Morgan fingerprint density at radius 3 is 2.43 bits per heavy atom. The molecule has 5 nitrogen and oxygen atoms in total. The predicted molar refractivity (Wildman–Crippen MR) is 37.6 cm³/mol. The topological polar surface area (TPSA) is 65.3 Å². The van der Waals surface area contributed by atoms with Crippen LogP contribution in [0.4, 0.5) is 18.9 Å². The summed E-state index contributed by atoms with van der Waals surface area (Å²) in [4.78, 5) is 12.4. The van der Waals surface area contributed by atoms with Crippen LogP contribution in [0.1, 0.15) is 0 Å². The van der Waals surface area contributed by atoms with Crippen molar-refractivity contribution in [3.05, 3.63) is 28.4 Å². The molecule has 0 aliphatic rings. The zero-order valence-corrected chi connectivity index (χ0v) is 6.49. The molecule has 14 heavy (non-hydrogen) atoms. The van der Waals surface area contributed by atoms with E-state index in [-0.39, 0.29) is 0 Å². The first-order valence-corrected chi connectivity index (χ1v) is 3.25. The molecule has 0 bridgehead atoms. The Labute approximate surface area is 75.3 Å². The van der Waals surface area contributed by atoms with E-state index in [9.17, 15) is 23.3 Å². The number of aromatic nitrogens is 1. The molecule has 1 aromatic heterocycles. The van der Waals surface area contributed by atoms with E-state index < -0.39 is 22.9 Å². The minimum Gasteiger partial charge on any atom is -0.388 e. The van der Waals surface area contributed by atoms with Crippen molar-refractivity contribution in [1.29, 1.82) is 0 Å². The van der Waals surface area contributed by atoms with Gasteiger partial charge in [-0.3, -0.25) is 10.1 Å². The largest absolute Gasteiger partial charge is 0.574 e. The molecule has 0 aromatic carbocycles. The summed E-state index contributed by atoms with van der Waals surface area (Å²) in [5.41, 5.74) is -0.403. The number of ether oxygens (including phenoxy) is 1. The molecular formula is C6H3F3N2O3. The van der Waals surface area contributed by atoms with Crippen LogP contribution in [-0.4, -0.2) is 16.3 Å². The van der Waals surface area contributed by atoms with Crippen LogP contribution in [0.3, 0.4) is 0 Å². The number of hydrogen-bond donors (Lipinski definition) is 0. The fourth-order valence-corrected chi connectivity index (χ4v) is 0.659. The average Bonchev–Trinajstić information content (AvgIpc) is 2.02. The van der Waals surface area contributed by atoms with Gasteiger partial charge in [0.05, 0.1) is 4.92 Å². The Kier molecular flexibility index (Phi) is 2.54. The fourth-order valence-electron chi connectivity index (χ4n) is 0.659. The summed E-state index contributed by atoms with van der Waals surface area (Å²) in [6, 6.07) is 1.64. The van der Waals surface area contributed by atoms with Crippen molar-refractivity contribution < 1.29 is 22.8 Å². The van der Waals surface area contributed by atoms with Crippen molar-refractivity contribution in [2.24, 2.45) is 0 Å². The molecule has 0 amide bonds. The van der Waals surface area contributed by atoms with Crippen molar-refractivity contribution in [2.45, 2.75) is 6.36 Å². The maximum absolute atomic E-state index is 11.6. The second-order valence-corrected chi connectivity index (χ2v) is 2.16. The minimum absolute atomic E-state index is 0.403. The van der Waals surface area contributed by atoms with Gasteiger partial charge in [0.2, 0.25) is 5.88 Å². The van der Waals surface area contributed by atoms with Gasteiger partial charge in [0.1, 0.15) is 6.20 Å². The molecule has 0 radical (unpaired) electrons. The van der Waals surface area contributed by atoms with Gasteiger partial charge in [-0.1, -0.05) is 0 Å². The molecule has 0 unspecified atom stereocenters. The summed E-state index contributed by atoms with van der Waals surface area (Å²) < 4.78 is 38.2. The Bertz CT molecular complexity index is 335. The third-order valence-electron chi connectivity index (χ3n) is 1.15. The second-order valence-electron chi connectivity index (χ2n) is 2.16. The Morgan fingerprint density at radius 2 is 2.07 bits per heavy atom. The number of nitrogens with zero attached hydrogens (tertiary/aromatic N) is 2. The number of pyridine rings is 1. The van der Waals surface area contributed by atoms with E-state index >= 15 is 0 Å². The van der Waals surface area contributed by atoms with Gasteiger partial charge in [-0.05, 0) is 0 Å². The average molecular weight is 208 g/mol. The van der Waals surface area contributed by atoms with Gasteiger partial charge in [-0.2, -0.15) is 0 Å². The van der Waals surface area contributed by atoms with Crippen LogP contribution in [0.25, 0.3) is 0 Å². The Morgan fingerprint density at radius 1 is 1.43 bits per heavy atom. The highest BCUT2D eigenvalue weighted by atomic mass is 19.4. The van der Waals surface area contributed by atoms with Crippen LogP contribution in [0.5, 0.6) is 5.88 Å². The molecule has 8 heteroatoms. The molecule has 0 spiro atoms. The molecule has 0 saturated carbocycles. The summed E-state index contributed by atoms with van der Waals surface area (Å²) in [5, 5.41) is 10.1. The number of alkyl halides is 3. The Hall–Kier alpha value is -1.86. The fraction of sp³-hybridized carbons (Fsp3) is 0.167. The van der Waals surface area contributed by atoms with E-state index in [2.05, 4.69) is 9.72 Å². The lowest BCUT2D eigenvalue weighted by Crippen LogP contribution is -2.17. The molecule has 0 fully saturated rings. The van der Waals surface area contributed by atoms with Gasteiger partial charge in [0.15, 0.2) is 0 Å². The number of rotatable bonds is 2. The van der Waals surface area contributed by atoms with Gasteiger partial charge in [0.25, 0.3) is 5.69 Å². The lowest BCUT2D eigenvalue weighted by atomic mass is 10.4. The Balaban J connectivity index is 2.79. The monoisotopic (exact) mass is 208 g/mol. The van der Waals surface area contributed by atoms with Crippen LogP contribution in [0.15, 0.2) is 18.3 Å². The van der Waals surface area contributed by atoms with Crippen LogP contribution in [-0.2, 0) is 0 Å². The van der Waals surface area contributed by atoms with Crippen LogP contribution >= 0.6 is 0 Å². The highest BCUT2D eigenvalue weighted by Crippen LogP contribution is 2.21. The molecule has 1 heterocycles. The molecule has 0 aliphatic carbocycles. The first kappa shape index (κ1) is 10.2. The molecule has 0 N–H and O–H groups in total. The summed E-state index contributed by atoms with van der Waals surface area (Å²) in [6.07, 6.45) is -4.16. The van der Waals surface area contributed by atoms with Gasteiger partial charge in [0, 0.05) is 12.1 Å². The maximum Gasteiger partial charge on any atom is 0.574 e. The van der Waals surface area contributed by atoms with Crippen LogP contribution in [0.2, 0.25) is 0 Å². The third-order valence-corrected chi connectivity index (χ3v) is 1.15. The van der Waals surface area contributed by atoms with E-state index in [0.717, 1.165) is 12.1 Å². The normalized spacial score (nSPS) is 11.1. The van der Waals surface area contributed by atoms with Crippen molar-refractivity contribution in [2.75, 3.05) is 0 Å². The van der Waals surface area contributed by atoms with Crippen LogP contribution < -0.4 is 4.74 Å². The SMILES string of the molecule is O=[N+]([O-])c1ccc(OC(F)(F)F)nc1. The summed E-state index contributed by atoms with van der Waals surface area (Å²) in [7, 11) is 0. The van der Waals surface area contributed by atoms with Gasteiger partial charge < -0.3 is 4.74 Å². The summed E-state index contributed by atoms with van der Waals surface area (Å²) in [6.45, 7) is 0. The number of hydrogen-bond acceptors (Lipinski definition) is 4. The van der Waals surface area contributed by atoms with Crippen molar-refractivity contribution in [3.63, 3.8) is 0 Å². The van der Waals surface area contributed by atoms with E-state index in [1.807, 2.05) is 0 Å². The predicted octanol–water partition coefficient (Wildman–Crippen LogP) is 1.89. The number of nitro groups is 1. The lowest BCUT2D eigenvalue weighted by Gasteiger charge is -2.06. The third kappa shape index (κ3) is 2.88. The first-order valence-electron chi connectivity index (χ1n) is 3.25. The summed E-state index contributed by atoms with van der Waals surface area (Å²) in [5.74, 6) is -0.733. The van der Waals surface area contributed by atoms with Gasteiger partial charge >= 0.3 is 6.36 Å². The van der Waals surface area contributed by atoms with Crippen molar-refractivity contribution in [1.82, 2.24) is 4.98 Å². The van der Waals surface area contributed by atoms with Crippen molar-refractivity contribution in [3.8, 4) is 5.88 Å². The first-order chi connectivity index (χ1) is 6.38. The molecule has 1 rings (SSSR count). The molecule has 76 valence electrons. The smallest absolute Gasteiger partial charge is 0.388 e. The lowest BCUT2D eigenvalue weighted by molar-refractivity contribution is -0.385. The van der Waals surface area contributed by atoms with E-state index in [1.165, 1.54) is 0 Å². The maximum atomic E-state index is 11.6.